The first-order valence-electron chi connectivity index (χ1n) is 9.84. The van der Waals surface area contributed by atoms with Crippen molar-refractivity contribution in [1.82, 2.24) is 10.2 Å². The molecule has 3 rings (SSSR count). The second-order valence-electron chi connectivity index (χ2n) is 6.78. The zero-order chi connectivity index (χ0) is 20.5. The molecule has 0 bridgehead atoms. The monoisotopic (exact) mass is 400 g/mol. The number of hydrogen-bond acceptors (Lipinski definition) is 3. The van der Waals surface area contributed by atoms with Crippen LogP contribution in [0.4, 0.5) is 0 Å². The van der Waals surface area contributed by atoms with Crippen molar-refractivity contribution in [2.45, 2.75) is 12.0 Å². The first-order valence-corrected chi connectivity index (χ1v) is 10.5. The van der Waals surface area contributed by atoms with E-state index in [0.29, 0.717) is 0 Å². The molecule has 0 atom stereocenters. The summed E-state index contributed by atoms with van der Waals surface area (Å²) in [6.45, 7) is 4.19. The van der Waals surface area contributed by atoms with Crippen LogP contribution in [0.5, 0.6) is 0 Å². The van der Waals surface area contributed by atoms with Crippen LogP contribution in [0.15, 0.2) is 116 Å². The van der Waals surface area contributed by atoms with Crippen molar-refractivity contribution in [3.8, 4) is 0 Å². The minimum atomic E-state index is -0.551. The first-order chi connectivity index (χ1) is 14.3. The normalized spacial score (nSPS) is 11.7. The molecule has 1 N–H and O–H groups in total. The molecule has 2 nitrogen and oxygen atoms in total. The third-order valence-corrected chi connectivity index (χ3v) is 5.38. The number of thiol groups is 1. The highest BCUT2D eigenvalue weighted by molar-refractivity contribution is 7.80. The van der Waals surface area contributed by atoms with Crippen molar-refractivity contribution >= 4 is 12.6 Å². The Labute approximate surface area is 180 Å². The van der Waals surface area contributed by atoms with Crippen LogP contribution in [0.25, 0.3) is 0 Å². The average molecular weight is 401 g/mol. The van der Waals surface area contributed by atoms with E-state index in [1.54, 1.807) is 0 Å². The summed E-state index contributed by atoms with van der Waals surface area (Å²) in [6.07, 6.45) is 4.90. The molecule has 0 aromatic heterocycles. The molecular formula is C26H28N2S. The van der Waals surface area contributed by atoms with E-state index in [-0.39, 0.29) is 0 Å². The third kappa shape index (κ3) is 4.25. The van der Waals surface area contributed by atoms with Crippen LogP contribution >= 0.6 is 12.6 Å². The Morgan fingerprint density at radius 3 is 1.59 bits per heavy atom. The molecule has 0 heterocycles. The van der Waals surface area contributed by atoms with Crippen molar-refractivity contribution in [1.29, 1.82) is 0 Å². The van der Waals surface area contributed by atoms with Crippen LogP contribution in [-0.2, 0) is 5.54 Å². The smallest absolute Gasteiger partial charge is 0.120 e. The van der Waals surface area contributed by atoms with E-state index in [0.717, 1.165) is 17.9 Å². The Bertz CT molecular complexity index is 824. The van der Waals surface area contributed by atoms with Gasteiger partial charge >= 0.3 is 0 Å². The lowest BCUT2D eigenvalue weighted by Gasteiger charge is -2.44. The van der Waals surface area contributed by atoms with Crippen LogP contribution < -0.4 is 5.32 Å². The van der Waals surface area contributed by atoms with E-state index in [4.69, 9.17) is 0 Å². The number of allylic oxidation sites excluding steroid dienone is 1. The van der Waals surface area contributed by atoms with Gasteiger partial charge in [-0.15, -0.1) is 0 Å². The van der Waals surface area contributed by atoms with Gasteiger partial charge in [0.1, 0.15) is 5.54 Å². The van der Waals surface area contributed by atoms with Gasteiger partial charge < -0.3 is 10.2 Å². The minimum absolute atomic E-state index is 0.551. The van der Waals surface area contributed by atoms with Gasteiger partial charge in [0.25, 0.3) is 0 Å². The maximum atomic E-state index is 4.42. The number of benzene rings is 3. The first kappa shape index (κ1) is 20.8. The summed E-state index contributed by atoms with van der Waals surface area (Å²) in [5, 5.41) is 3.32. The van der Waals surface area contributed by atoms with Gasteiger partial charge in [0.05, 0.1) is 0 Å². The second-order valence-corrected chi connectivity index (χ2v) is 7.22. The molecule has 3 aromatic rings. The minimum Gasteiger partial charge on any atom is -0.390 e. The summed E-state index contributed by atoms with van der Waals surface area (Å²) in [6, 6.07) is 31.8. The maximum Gasteiger partial charge on any atom is 0.120 e. The molecule has 148 valence electrons. The van der Waals surface area contributed by atoms with Crippen LogP contribution in [0.1, 0.15) is 23.1 Å². The SMILES string of the molecule is C=CN(/C=C(/CCS)NC)C(c1ccccc1)(c1ccccc1)c1ccccc1. The molecule has 3 heteroatoms. The van der Waals surface area contributed by atoms with E-state index >= 15 is 0 Å². The highest BCUT2D eigenvalue weighted by atomic mass is 32.1. The Balaban J connectivity index is 2.37. The Kier molecular flexibility index (Phi) is 7.20. The van der Waals surface area contributed by atoms with E-state index in [9.17, 15) is 0 Å². The molecule has 29 heavy (non-hydrogen) atoms. The molecule has 0 aliphatic heterocycles. The Morgan fingerprint density at radius 1 is 0.862 bits per heavy atom. The van der Waals surface area contributed by atoms with E-state index in [2.05, 4.69) is 127 Å². The lowest BCUT2D eigenvalue weighted by molar-refractivity contribution is 0.312. The van der Waals surface area contributed by atoms with Crippen molar-refractivity contribution < 1.29 is 0 Å². The summed E-state index contributed by atoms with van der Waals surface area (Å²) >= 11 is 4.42. The van der Waals surface area contributed by atoms with Crippen molar-refractivity contribution in [2.24, 2.45) is 0 Å². The van der Waals surface area contributed by atoms with Gasteiger partial charge in [0.2, 0.25) is 0 Å². The predicted molar refractivity (Wildman–Crippen MR) is 127 cm³/mol. The fourth-order valence-corrected chi connectivity index (χ4v) is 4.06. The van der Waals surface area contributed by atoms with Gasteiger partial charge in [-0.25, -0.2) is 0 Å². The van der Waals surface area contributed by atoms with Gasteiger partial charge in [-0.3, -0.25) is 0 Å². The van der Waals surface area contributed by atoms with E-state index in [1.807, 2.05) is 13.2 Å². The fraction of sp³-hybridized carbons (Fsp3) is 0.154. The van der Waals surface area contributed by atoms with Crippen molar-refractivity contribution in [3.63, 3.8) is 0 Å². The van der Waals surface area contributed by atoms with Gasteiger partial charge in [-0.05, 0) is 35.1 Å². The zero-order valence-corrected chi connectivity index (χ0v) is 17.7. The number of rotatable bonds is 9. The topological polar surface area (TPSA) is 15.3 Å². The van der Waals surface area contributed by atoms with Crippen molar-refractivity contribution in [2.75, 3.05) is 12.8 Å². The summed E-state index contributed by atoms with van der Waals surface area (Å²) in [7, 11) is 1.95. The molecule has 0 spiro atoms. The maximum absolute atomic E-state index is 4.42. The summed E-state index contributed by atoms with van der Waals surface area (Å²) in [5.41, 5.74) is 4.08. The summed E-state index contributed by atoms with van der Waals surface area (Å²) in [4.78, 5) is 2.21. The molecule has 0 saturated heterocycles. The molecule has 0 amide bonds. The van der Waals surface area contributed by atoms with Crippen LogP contribution in [0.3, 0.4) is 0 Å². The molecule has 0 aliphatic rings. The van der Waals surface area contributed by atoms with E-state index in [1.165, 1.54) is 16.7 Å². The third-order valence-electron chi connectivity index (χ3n) is 5.16. The van der Waals surface area contributed by atoms with Gasteiger partial charge in [0.15, 0.2) is 0 Å². The Morgan fingerprint density at radius 2 is 1.28 bits per heavy atom. The largest absolute Gasteiger partial charge is 0.390 e. The lowest BCUT2D eigenvalue weighted by atomic mass is 9.76. The second kappa shape index (κ2) is 10.0. The molecule has 0 saturated carbocycles. The summed E-state index contributed by atoms with van der Waals surface area (Å²) < 4.78 is 0. The van der Waals surface area contributed by atoms with Crippen LogP contribution in [0, 0.1) is 0 Å². The van der Waals surface area contributed by atoms with Gasteiger partial charge in [-0.2, -0.15) is 12.6 Å². The number of hydrogen-bond donors (Lipinski definition) is 2. The molecule has 0 fully saturated rings. The molecule has 0 unspecified atom stereocenters. The quantitative estimate of drug-likeness (QED) is 0.348. The molecule has 0 aliphatic carbocycles. The zero-order valence-electron chi connectivity index (χ0n) is 16.8. The number of nitrogens with one attached hydrogen (secondary N) is 1. The fourth-order valence-electron chi connectivity index (χ4n) is 3.81. The number of nitrogens with zero attached hydrogens (tertiary/aromatic N) is 1. The average Bonchev–Trinajstić information content (AvgIpc) is 2.80. The van der Waals surface area contributed by atoms with Crippen molar-refractivity contribution in [3.05, 3.63) is 132 Å². The molecule has 0 radical (unpaired) electrons. The summed E-state index contributed by atoms with van der Waals surface area (Å²) in [5.74, 6) is 0.771. The lowest BCUT2D eigenvalue weighted by Crippen LogP contribution is -2.43. The Hall–Kier alpha value is -2.91. The highest BCUT2D eigenvalue weighted by Gasteiger charge is 2.40. The molecular weight excluding hydrogens is 372 g/mol. The molecule has 3 aromatic carbocycles. The van der Waals surface area contributed by atoms with Gasteiger partial charge in [-0.1, -0.05) is 97.6 Å². The van der Waals surface area contributed by atoms with Gasteiger partial charge in [0, 0.05) is 18.9 Å². The standard InChI is InChI=1S/C26H28N2S/c1-3-28(21-25(27-2)19-20-29)26(22-13-7-4-8-14-22,23-15-9-5-10-16-23)24-17-11-6-12-18-24/h3-18,21,27,29H,1,19-20H2,2H3/b25-21-. The van der Waals surface area contributed by atoms with Crippen LogP contribution in [0.2, 0.25) is 0 Å². The predicted octanol–water partition coefficient (Wildman–Crippen LogP) is 5.80. The van der Waals surface area contributed by atoms with E-state index < -0.39 is 5.54 Å². The van der Waals surface area contributed by atoms with Crippen LogP contribution in [-0.4, -0.2) is 17.7 Å². The highest BCUT2D eigenvalue weighted by Crippen LogP contribution is 2.43.